The number of aryl methyl sites for hydroxylation is 3. The number of fused-ring (bicyclic) bond motifs is 5. The van der Waals surface area contributed by atoms with E-state index in [-0.39, 0.29) is 5.91 Å². The van der Waals surface area contributed by atoms with Gasteiger partial charge in [-0.25, -0.2) is 4.98 Å². The van der Waals surface area contributed by atoms with E-state index in [1.807, 2.05) is 29.5 Å². The Kier molecular flexibility index (Phi) is 5.14. The zero-order chi connectivity index (χ0) is 21.7. The minimum atomic E-state index is -0.0254. The number of rotatable bonds is 6. The highest BCUT2D eigenvalue weighted by Gasteiger charge is 2.32. The second-order valence-corrected chi connectivity index (χ2v) is 10.7. The molecule has 1 N–H and O–H groups in total. The zero-order valence-corrected chi connectivity index (χ0v) is 19.7. The largest absolute Gasteiger partial charge is 0.325 e. The molecule has 2 aliphatic rings. The van der Waals surface area contributed by atoms with E-state index in [1.54, 1.807) is 0 Å². The van der Waals surface area contributed by atoms with Crippen LogP contribution in [-0.2, 0) is 24.1 Å². The van der Waals surface area contributed by atoms with Gasteiger partial charge in [0.05, 0.1) is 11.1 Å². The predicted molar refractivity (Wildman–Crippen MR) is 130 cm³/mol. The minimum Gasteiger partial charge on any atom is -0.325 e. The van der Waals surface area contributed by atoms with Crippen LogP contribution in [0.5, 0.6) is 0 Å². The number of aromatic nitrogens is 4. The van der Waals surface area contributed by atoms with E-state index in [4.69, 9.17) is 4.98 Å². The van der Waals surface area contributed by atoms with E-state index < -0.39 is 0 Å². The van der Waals surface area contributed by atoms with Crippen LogP contribution in [0.4, 0.5) is 5.69 Å². The molecule has 1 fully saturated rings. The highest BCUT2D eigenvalue weighted by atomic mass is 32.2. The Morgan fingerprint density at radius 1 is 1.22 bits per heavy atom. The van der Waals surface area contributed by atoms with Crippen molar-refractivity contribution in [1.82, 2.24) is 19.6 Å². The average molecular weight is 464 g/mol. The molecule has 1 aromatic carbocycles. The van der Waals surface area contributed by atoms with E-state index in [2.05, 4.69) is 32.9 Å². The first-order valence-electron chi connectivity index (χ1n) is 11.4. The molecule has 3 aromatic heterocycles. The van der Waals surface area contributed by atoms with Crippen molar-refractivity contribution in [3.8, 4) is 0 Å². The summed E-state index contributed by atoms with van der Waals surface area (Å²) in [5.41, 5.74) is 4.38. The molecule has 8 heteroatoms. The number of carbonyl (C=O) groups excluding carboxylic acids is 1. The van der Waals surface area contributed by atoms with Crippen molar-refractivity contribution in [3.05, 3.63) is 46.1 Å². The maximum atomic E-state index is 12.7. The molecule has 0 bridgehead atoms. The summed E-state index contributed by atoms with van der Waals surface area (Å²) in [5, 5.41) is 14.1. The second-order valence-electron chi connectivity index (χ2n) is 8.62. The Morgan fingerprint density at radius 2 is 2.06 bits per heavy atom. The average Bonchev–Trinajstić information content (AvgIpc) is 3.47. The zero-order valence-electron chi connectivity index (χ0n) is 18.1. The van der Waals surface area contributed by atoms with E-state index >= 15 is 0 Å². The Bertz CT molecular complexity index is 1340. The van der Waals surface area contributed by atoms with Crippen LogP contribution in [0.1, 0.15) is 60.4 Å². The first kappa shape index (κ1) is 20.2. The van der Waals surface area contributed by atoms with E-state index in [1.165, 1.54) is 40.4 Å². The molecule has 0 unspecified atom stereocenters. The van der Waals surface area contributed by atoms with Crippen molar-refractivity contribution in [2.45, 2.75) is 62.9 Å². The third-order valence-electron chi connectivity index (χ3n) is 6.40. The normalized spacial score (nSPS) is 15.9. The Labute approximate surface area is 194 Å². The third kappa shape index (κ3) is 3.49. The monoisotopic (exact) mass is 463 g/mol. The molecule has 32 heavy (non-hydrogen) atoms. The van der Waals surface area contributed by atoms with Crippen molar-refractivity contribution in [3.63, 3.8) is 0 Å². The number of nitrogens with zero attached hydrogens (tertiary/aromatic N) is 4. The summed E-state index contributed by atoms with van der Waals surface area (Å²) in [4.78, 5) is 20.4. The number of hydrogen-bond acceptors (Lipinski definition) is 6. The van der Waals surface area contributed by atoms with Crippen LogP contribution in [0.2, 0.25) is 0 Å². The summed E-state index contributed by atoms with van der Waals surface area (Å²) in [7, 11) is 0. The van der Waals surface area contributed by atoms with Crippen LogP contribution in [0, 0.1) is 0 Å². The molecule has 0 spiro atoms. The lowest BCUT2D eigenvalue weighted by Gasteiger charge is -2.11. The first-order chi connectivity index (χ1) is 15.7. The third-order valence-corrected chi connectivity index (χ3v) is 8.52. The molecule has 0 aliphatic heterocycles. The highest BCUT2D eigenvalue weighted by Crippen LogP contribution is 2.44. The number of benzene rings is 1. The predicted octanol–water partition coefficient (Wildman–Crippen LogP) is 5.39. The van der Waals surface area contributed by atoms with Gasteiger partial charge in [0.25, 0.3) is 0 Å². The Balaban J connectivity index is 1.33. The van der Waals surface area contributed by atoms with Crippen LogP contribution in [-0.4, -0.2) is 31.2 Å². The van der Waals surface area contributed by atoms with Gasteiger partial charge in [-0.2, -0.15) is 0 Å². The van der Waals surface area contributed by atoms with Gasteiger partial charge in [-0.1, -0.05) is 36.9 Å². The lowest BCUT2D eigenvalue weighted by molar-refractivity contribution is -0.113. The molecule has 0 atom stereocenters. The molecule has 3 heterocycles. The second kappa shape index (κ2) is 8.15. The van der Waals surface area contributed by atoms with E-state index in [9.17, 15) is 4.79 Å². The molecular formula is C24H25N5OS2. The number of nitrogens with one attached hydrogen (secondary N) is 1. The molecule has 1 saturated carbocycles. The van der Waals surface area contributed by atoms with Crippen molar-refractivity contribution in [1.29, 1.82) is 0 Å². The maximum Gasteiger partial charge on any atom is 0.234 e. The summed E-state index contributed by atoms with van der Waals surface area (Å²) < 4.78 is 2.14. The SMILES string of the molecule is CCc1ccccc1NC(=O)CSc1nnc2c3c4c(sc3nc(C3CC3)n12)CCCC4. The number of carbonyl (C=O) groups is 1. The molecule has 1 amide bonds. The molecule has 2 aliphatic carbocycles. The first-order valence-corrected chi connectivity index (χ1v) is 13.2. The molecule has 4 aromatic rings. The quantitative estimate of drug-likeness (QED) is 0.388. The van der Waals surface area contributed by atoms with Gasteiger partial charge >= 0.3 is 0 Å². The number of hydrogen-bond donors (Lipinski definition) is 1. The maximum absolute atomic E-state index is 12.7. The standard InChI is InChI=1S/C24H25N5OS2/c1-2-14-7-3-5-9-17(14)25-19(30)13-31-24-28-27-22-20-16-8-4-6-10-18(16)32-23(20)26-21(29(22)24)15-11-12-15/h3,5,7,9,15H,2,4,6,8,10-13H2,1H3,(H,25,30). The van der Waals surface area contributed by atoms with Gasteiger partial charge in [0.15, 0.2) is 10.8 Å². The molecule has 0 radical (unpaired) electrons. The van der Waals surface area contributed by atoms with E-state index in [0.29, 0.717) is 11.7 Å². The van der Waals surface area contributed by atoms with Gasteiger partial charge in [0, 0.05) is 16.5 Å². The fourth-order valence-corrected chi connectivity index (χ4v) is 6.63. The van der Waals surface area contributed by atoms with Gasteiger partial charge in [-0.3, -0.25) is 9.20 Å². The van der Waals surface area contributed by atoms with Gasteiger partial charge in [0.1, 0.15) is 10.7 Å². The van der Waals surface area contributed by atoms with Crippen molar-refractivity contribution >= 4 is 50.6 Å². The number of amides is 1. The van der Waals surface area contributed by atoms with Gasteiger partial charge in [0.2, 0.25) is 5.91 Å². The summed E-state index contributed by atoms with van der Waals surface area (Å²) in [6, 6.07) is 7.96. The van der Waals surface area contributed by atoms with Crippen LogP contribution >= 0.6 is 23.1 Å². The molecule has 6 rings (SSSR count). The Hall–Kier alpha value is -2.45. The van der Waals surface area contributed by atoms with Crippen molar-refractivity contribution in [2.75, 3.05) is 11.1 Å². The summed E-state index contributed by atoms with van der Waals surface area (Å²) in [6.07, 6.45) is 7.95. The van der Waals surface area contributed by atoms with Crippen molar-refractivity contribution < 1.29 is 4.79 Å². The highest BCUT2D eigenvalue weighted by molar-refractivity contribution is 7.99. The van der Waals surface area contributed by atoms with Gasteiger partial charge in [-0.05, 0) is 62.1 Å². The molecule has 164 valence electrons. The number of thiophene rings is 1. The van der Waals surface area contributed by atoms with Crippen molar-refractivity contribution in [2.24, 2.45) is 0 Å². The lowest BCUT2D eigenvalue weighted by atomic mass is 9.97. The van der Waals surface area contributed by atoms with Crippen LogP contribution in [0.15, 0.2) is 29.4 Å². The fraction of sp³-hybridized carbons (Fsp3) is 0.417. The fourth-order valence-electron chi connectivity index (χ4n) is 4.63. The summed E-state index contributed by atoms with van der Waals surface area (Å²) >= 11 is 3.29. The topological polar surface area (TPSA) is 72.2 Å². The van der Waals surface area contributed by atoms with Gasteiger partial charge in [-0.15, -0.1) is 21.5 Å². The summed E-state index contributed by atoms with van der Waals surface area (Å²) in [5.74, 6) is 1.81. The van der Waals surface area contributed by atoms with Crippen LogP contribution < -0.4 is 5.32 Å². The van der Waals surface area contributed by atoms with Crippen LogP contribution in [0.25, 0.3) is 15.9 Å². The molecule has 0 saturated heterocycles. The number of para-hydroxylation sites is 1. The Morgan fingerprint density at radius 3 is 2.91 bits per heavy atom. The number of anilines is 1. The minimum absolute atomic E-state index is 0.0254. The molecular weight excluding hydrogens is 438 g/mol. The van der Waals surface area contributed by atoms with Gasteiger partial charge < -0.3 is 5.32 Å². The van der Waals surface area contributed by atoms with Crippen LogP contribution in [0.3, 0.4) is 0 Å². The number of thioether (sulfide) groups is 1. The lowest BCUT2D eigenvalue weighted by Crippen LogP contribution is -2.15. The molecule has 6 nitrogen and oxygen atoms in total. The summed E-state index contributed by atoms with van der Waals surface area (Å²) in [6.45, 7) is 2.10. The van der Waals surface area contributed by atoms with E-state index in [0.717, 1.165) is 64.8 Å². The smallest absolute Gasteiger partial charge is 0.234 e.